The lowest BCUT2D eigenvalue weighted by Gasteiger charge is -2.03. The highest BCUT2D eigenvalue weighted by atomic mass is 32.2. The van der Waals surface area contributed by atoms with Crippen LogP contribution in [0.25, 0.3) is 33.9 Å². The number of fused-ring (bicyclic) bond motifs is 1. The van der Waals surface area contributed by atoms with E-state index < -0.39 is 34.1 Å². The van der Waals surface area contributed by atoms with Gasteiger partial charge in [0.25, 0.3) is 5.89 Å². The van der Waals surface area contributed by atoms with Gasteiger partial charge in [0.1, 0.15) is 5.52 Å². The molecule has 0 unspecified atom stereocenters. The summed E-state index contributed by atoms with van der Waals surface area (Å²) < 4.78 is 92.8. The quantitative estimate of drug-likeness (QED) is 0.284. The fourth-order valence-corrected chi connectivity index (χ4v) is 3.23. The largest absolute Gasteiger partial charge is 0.490 e. The lowest BCUT2D eigenvalue weighted by molar-refractivity contribution is -0.193. The second-order valence-electron chi connectivity index (χ2n) is 7.78. The summed E-state index contributed by atoms with van der Waals surface area (Å²) in [4.78, 5) is 34.0. The van der Waals surface area contributed by atoms with Crippen LogP contribution in [0.1, 0.15) is 11.4 Å². The van der Waals surface area contributed by atoms with Crippen molar-refractivity contribution in [3.05, 3.63) is 48.0 Å². The minimum absolute atomic E-state index is 0.176. The van der Waals surface area contributed by atoms with Gasteiger partial charge < -0.3 is 19.6 Å². The van der Waals surface area contributed by atoms with Gasteiger partial charge in [0.2, 0.25) is 0 Å². The average Bonchev–Trinajstić information content (AvgIpc) is 3.40. The molecule has 3 N–H and O–H groups in total. The Morgan fingerprint density at radius 1 is 0.900 bits per heavy atom. The number of H-pyrrole nitrogens is 1. The summed E-state index contributed by atoms with van der Waals surface area (Å²) >= 11 is 0. The number of aromatic amines is 1. The zero-order valence-electron chi connectivity index (χ0n) is 20.4. The van der Waals surface area contributed by atoms with Gasteiger partial charge in [-0.1, -0.05) is 6.07 Å². The van der Waals surface area contributed by atoms with Gasteiger partial charge in [0.05, 0.1) is 10.6 Å². The number of nitrogens with one attached hydrogen (secondary N) is 1. The summed E-state index contributed by atoms with van der Waals surface area (Å²) in [5.74, 6) is -4.52. The molecule has 18 heteroatoms. The van der Waals surface area contributed by atoms with Crippen molar-refractivity contribution in [1.29, 1.82) is 0 Å². The smallest absolute Gasteiger partial charge is 0.475 e. The molecule has 0 radical (unpaired) electrons. The van der Waals surface area contributed by atoms with Crippen molar-refractivity contribution < 1.29 is 59.0 Å². The number of aromatic nitrogens is 4. The second kappa shape index (κ2) is 11.7. The molecule has 40 heavy (non-hydrogen) atoms. The highest BCUT2D eigenvalue weighted by Crippen LogP contribution is 2.28. The topological polar surface area (TPSA) is 176 Å². The number of carbonyl (C=O) groups is 2. The molecule has 1 aromatic carbocycles. The van der Waals surface area contributed by atoms with Crippen LogP contribution < -0.4 is 0 Å². The van der Waals surface area contributed by atoms with Gasteiger partial charge in [0.15, 0.2) is 21.2 Å². The van der Waals surface area contributed by atoms with Gasteiger partial charge in [-0.25, -0.2) is 28.0 Å². The lowest BCUT2D eigenvalue weighted by atomic mass is 10.1. The lowest BCUT2D eigenvalue weighted by Crippen LogP contribution is -2.21. The molecule has 0 spiro atoms. The molecule has 0 aliphatic carbocycles. The molecule has 216 valence electrons. The first-order valence-electron chi connectivity index (χ1n) is 10.4. The van der Waals surface area contributed by atoms with Crippen LogP contribution in [-0.2, 0) is 19.4 Å². The Bertz CT molecular complexity index is 1600. The molecule has 0 saturated carbocycles. The number of rotatable bonds is 3. The fraction of sp³-hybridized carbons (Fsp3) is 0.227. The fourth-order valence-electron chi connectivity index (χ4n) is 2.63. The number of alkyl halides is 6. The molecular weight excluding hydrogens is 578 g/mol. The summed E-state index contributed by atoms with van der Waals surface area (Å²) in [5.41, 5.74) is 4.64. The van der Waals surface area contributed by atoms with E-state index in [0.717, 1.165) is 23.2 Å². The van der Waals surface area contributed by atoms with Crippen molar-refractivity contribution in [1.82, 2.24) is 19.9 Å². The molecule has 0 bridgehead atoms. The summed E-state index contributed by atoms with van der Waals surface area (Å²) in [6, 6.07) is 7.10. The Morgan fingerprint density at radius 2 is 1.45 bits per heavy atom. The van der Waals surface area contributed by atoms with E-state index in [4.69, 9.17) is 24.2 Å². The van der Waals surface area contributed by atoms with E-state index >= 15 is 0 Å². The van der Waals surface area contributed by atoms with Gasteiger partial charge in [-0.3, -0.25) is 4.98 Å². The summed E-state index contributed by atoms with van der Waals surface area (Å²) in [7, 11) is -3.32. The Morgan fingerprint density at radius 3 is 1.90 bits per heavy atom. The highest BCUT2D eigenvalue weighted by molar-refractivity contribution is 7.90. The van der Waals surface area contributed by atoms with Crippen LogP contribution in [0, 0.1) is 13.8 Å². The molecule has 4 aromatic rings. The number of carboxylic acid groups (broad SMARTS) is 2. The molecule has 3 aromatic heterocycles. The van der Waals surface area contributed by atoms with Crippen molar-refractivity contribution in [3.63, 3.8) is 0 Å². The highest BCUT2D eigenvalue weighted by Gasteiger charge is 2.38. The Hall–Kier alpha value is -4.48. The number of hydrogen-bond acceptors (Lipinski definition) is 8. The monoisotopic (exact) mass is 596 g/mol. The number of benzene rings is 1. The van der Waals surface area contributed by atoms with Gasteiger partial charge in [-0.2, -0.15) is 26.3 Å². The van der Waals surface area contributed by atoms with Gasteiger partial charge >= 0.3 is 24.3 Å². The van der Waals surface area contributed by atoms with Crippen LogP contribution in [0.3, 0.4) is 0 Å². The summed E-state index contributed by atoms with van der Waals surface area (Å²) in [6.45, 7) is 3.85. The zero-order chi connectivity index (χ0) is 30.6. The molecule has 0 aliphatic heterocycles. The number of halogens is 6. The molecule has 0 fully saturated rings. The van der Waals surface area contributed by atoms with Crippen molar-refractivity contribution in [2.24, 2.45) is 0 Å². The Kier molecular flexibility index (Phi) is 9.30. The van der Waals surface area contributed by atoms with Crippen LogP contribution in [0.5, 0.6) is 0 Å². The zero-order valence-corrected chi connectivity index (χ0v) is 21.2. The normalized spacial score (nSPS) is 11.7. The van der Waals surface area contributed by atoms with Crippen LogP contribution in [0.4, 0.5) is 26.3 Å². The average molecular weight is 596 g/mol. The van der Waals surface area contributed by atoms with Crippen molar-refractivity contribution in [2.45, 2.75) is 31.1 Å². The minimum atomic E-state index is -5.08. The molecule has 0 amide bonds. The number of hydrogen-bond donors (Lipinski definition) is 3. The number of sulfone groups is 1. The molecule has 0 saturated heterocycles. The van der Waals surface area contributed by atoms with Crippen LogP contribution in [0.2, 0.25) is 0 Å². The van der Waals surface area contributed by atoms with Gasteiger partial charge in [-0.15, -0.1) is 0 Å². The third kappa shape index (κ3) is 8.52. The van der Waals surface area contributed by atoms with E-state index in [0.29, 0.717) is 28.4 Å². The Balaban J connectivity index is 0.000000333. The predicted octanol–water partition coefficient (Wildman–Crippen LogP) is 4.57. The summed E-state index contributed by atoms with van der Waals surface area (Å²) in [6.07, 6.45) is -6.05. The SMILES string of the molecule is Cc1nc(-c2nc3ccc(-c4cncc(S(C)(=O)=O)c4)cc3o2)[nH]c1C.O=C(O)C(F)(F)F.O=C(O)C(F)(F)F. The number of nitrogens with zero attached hydrogens (tertiary/aromatic N) is 3. The third-order valence-electron chi connectivity index (χ3n) is 4.68. The number of aliphatic carboxylic acids is 2. The molecule has 0 atom stereocenters. The van der Waals surface area contributed by atoms with Gasteiger partial charge in [0, 0.05) is 29.9 Å². The number of carboxylic acids is 2. The van der Waals surface area contributed by atoms with E-state index in [1.165, 1.54) is 6.20 Å². The molecule has 0 aliphatic rings. The second-order valence-corrected chi connectivity index (χ2v) is 9.80. The third-order valence-corrected chi connectivity index (χ3v) is 5.76. The van der Waals surface area contributed by atoms with Crippen LogP contribution >= 0.6 is 0 Å². The van der Waals surface area contributed by atoms with E-state index in [2.05, 4.69) is 19.9 Å². The van der Waals surface area contributed by atoms with Crippen molar-refractivity contribution in [3.8, 4) is 22.8 Å². The number of imidazole rings is 1. The van der Waals surface area contributed by atoms with E-state index in [-0.39, 0.29) is 4.90 Å². The maximum Gasteiger partial charge on any atom is 0.490 e. The van der Waals surface area contributed by atoms with E-state index in [1.807, 2.05) is 32.0 Å². The molecule has 11 nitrogen and oxygen atoms in total. The molecule has 4 rings (SSSR count). The first-order valence-corrected chi connectivity index (χ1v) is 12.3. The van der Waals surface area contributed by atoms with E-state index in [1.54, 1.807) is 12.3 Å². The number of oxazole rings is 1. The van der Waals surface area contributed by atoms with Crippen LogP contribution in [-0.4, -0.2) is 69.1 Å². The maximum absolute atomic E-state index is 11.7. The number of pyridine rings is 1. The van der Waals surface area contributed by atoms with Crippen molar-refractivity contribution in [2.75, 3.05) is 6.26 Å². The first kappa shape index (κ1) is 31.7. The number of aryl methyl sites for hydroxylation is 2. The standard InChI is InChI=1S/C18H16N4O3S.2C2HF3O2/c1-10-11(2)21-17(20-10)18-22-15-5-4-12(7-16(15)25-18)13-6-14(9-19-8-13)26(3,23)24;2*3-2(4,5)1(6)7/h4-9H,1-3H3,(H,20,21);2*(H,6,7). The van der Waals surface area contributed by atoms with Gasteiger partial charge in [-0.05, 0) is 37.6 Å². The van der Waals surface area contributed by atoms with E-state index in [9.17, 15) is 34.8 Å². The maximum atomic E-state index is 11.7. The molecule has 3 heterocycles. The summed E-state index contributed by atoms with van der Waals surface area (Å²) in [5, 5.41) is 14.2. The predicted molar refractivity (Wildman–Crippen MR) is 125 cm³/mol. The first-order chi connectivity index (χ1) is 18.2. The van der Waals surface area contributed by atoms with Crippen molar-refractivity contribution >= 4 is 32.9 Å². The minimum Gasteiger partial charge on any atom is -0.475 e. The Labute approximate surface area is 220 Å². The molecular formula is C22H18F6N4O7S. The van der Waals surface area contributed by atoms with Crippen LogP contribution in [0.15, 0.2) is 46.0 Å².